The number of H-pyrrole nitrogens is 2. The number of benzene rings is 1. The molecule has 3 aromatic rings. The largest absolute Gasteiger partial charge is 0.337 e. The summed E-state index contributed by atoms with van der Waals surface area (Å²) in [7, 11) is 0. The Bertz CT molecular complexity index is 665. The zero-order chi connectivity index (χ0) is 12.4. The first-order valence-corrected chi connectivity index (χ1v) is 6.72. The van der Waals surface area contributed by atoms with E-state index in [4.69, 9.17) is 0 Å². The highest BCUT2D eigenvalue weighted by Gasteiger charge is 2.15. The van der Waals surface area contributed by atoms with Gasteiger partial charge in [0.2, 0.25) is 5.52 Å². The first-order valence-electron chi connectivity index (χ1n) is 5.49. The predicted octanol–water partition coefficient (Wildman–Crippen LogP) is 2.24. The standard InChI is InChI=1S/C12H11N5S/c1-18-12-16-10-9(13-7-14-10)11(17-12)15-8-5-3-2-4-6-8/h2-7H,1H3,(H2,13,14,15,16,17)/p+1. The fourth-order valence-electron chi connectivity index (χ4n) is 1.70. The lowest BCUT2D eigenvalue weighted by Gasteiger charge is -2.04. The SMILES string of the molecule is CSc1nc(Nc2ccccc2)c2[nH]c[nH+]c2n1. The maximum atomic E-state index is 4.48. The van der Waals surface area contributed by atoms with E-state index < -0.39 is 0 Å². The predicted molar refractivity (Wildman–Crippen MR) is 72.0 cm³/mol. The minimum atomic E-state index is 0.733. The Hall–Kier alpha value is -2.08. The second-order valence-electron chi connectivity index (χ2n) is 3.71. The van der Waals surface area contributed by atoms with E-state index in [2.05, 4.69) is 25.3 Å². The van der Waals surface area contributed by atoms with Gasteiger partial charge >= 0.3 is 5.65 Å². The number of aromatic amines is 2. The molecule has 0 atom stereocenters. The normalized spacial score (nSPS) is 10.7. The molecule has 0 amide bonds. The van der Waals surface area contributed by atoms with Crippen molar-refractivity contribution in [3.05, 3.63) is 36.7 Å². The lowest BCUT2D eigenvalue weighted by Crippen LogP contribution is -2.02. The lowest BCUT2D eigenvalue weighted by molar-refractivity contribution is -0.347. The number of nitrogens with zero attached hydrogens (tertiary/aromatic N) is 2. The molecule has 6 heteroatoms. The highest BCUT2D eigenvalue weighted by molar-refractivity contribution is 7.98. The van der Waals surface area contributed by atoms with Crippen LogP contribution in [0.4, 0.5) is 11.5 Å². The van der Waals surface area contributed by atoms with Gasteiger partial charge in [-0.1, -0.05) is 34.9 Å². The molecule has 0 unspecified atom stereocenters. The molecule has 0 bridgehead atoms. The molecule has 0 radical (unpaired) electrons. The Morgan fingerprint density at radius 2 is 2.06 bits per heavy atom. The van der Waals surface area contributed by atoms with Crippen LogP contribution in [0.2, 0.25) is 0 Å². The molecule has 0 fully saturated rings. The van der Waals surface area contributed by atoms with Gasteiger partial charge in [-0.05, 0) is 18.4 Å². The second-order valence-corrected chi connectivity index (χ2v) is 4.48. The summed E-state index contributed by atoms with van der Waals surface area (Å²) in [5, 5.41) is 4.03. The third-order valence-corrected chi connectivity index (χ3v) is 3.08. The van der Waals surface area contributed by atoms with Gasteiger partial charge in [0, 0.05) is 5.69 Å². The number of anilines is 2. The minimum Gasteiger partial charge on any atom is -0.337 e. The van der Waals surface area contributed by atoms with Crippen LogP contribution in [0.25, 0.3) is 11.2 Å². The van der Waals surface area contributed by atoms with E-state index in [1.807, 2.05) is 36.6 Å². The Morgan fingerprint density at radius 3 is 2.83 bits per heavy atom. The van der Waals surface area contributed by atoms with Gasteiger partial charge in [-0.25, -0.2) is 4.98 Å². The summed E-state index contributed by atoms with van der Waals surface area (Å²) in [5.74, 6) is 0.775. The van der Waals surface area contributed by atoms with E-state index in [1.165, 1.54) is 11.8 Å². The van der Waals surface area contributed by atoms with Gasteiger partial charge < -0.3 is 5.32 Å². The molecule has 3 N–H and O–H groups in total. The van der Waals surface area contributed by atoms with E-state index in [9.17, 15) is 0 Å². The van der Waals surface area contributed by atoms with Crippen LogP contribution in [-0.2, 0) is 0 Å². The second kappa shape index (κ2) is 4.66. The fourth-order valence-corrected chi connectivity index (χ4v) is 2.06. The molecule has 0 saturated heterocycles. The van der Waals surface area contributed by atoms with Gasteiger partial charge in [-0.3, -0.25) is 4.98 Å². The van der Waals surface area contributed by atoms with E-state index in [1.54, 1.807) is 6.33 Å². The summed E-state index contributed by atoms with van der Waals surface area (Å²) in [4.78, 5) is 15.0. The van der Waals surface area contributed by atoms with Gasteiger partial charge in [-0.15, -0.1) is 0 Å². The van der Waals surface area contributed by atoms with Crippen LogP contribution in [0.5, 0.6) is 0 Å². The summed E-state index contributed by atoms with van der Waals surface area (Å²) in [6, 6.07) is 9.95. The quantitative estimate of drug-likeness (QED) is 0.558. The first-order chi connectivity index (χ1) is 8.86. The number of thioether (sulfide) groups is 1. The number of para-hydroxylation sites is 1. The zero-order valence-electron chi connectivity index (χ0n) is 9.77. The molecule has 3 rings (SSSR count). The molecular formula is C12H12N5S+. The number of rotatable bonds is 3. The Morgan fingerprint density at radius 1 is 1.22 bits per heavy atom. The summed E-state index contributed by atoms with van der Waals surface area (Å²) < 4.78 is 0. The monoisotopic (exact) mass is 258 g/mol. The van der Waals surface area contributed by atoms with Gasteiger partial charge in [0.25, 0.3) is 5.16 Å². The first kappa shape index (κ1) is 11.0. The van der Waals surface area contributed by atoms with Gasteiger partial charge in [0.05, 0.1) is 0 Å². The molecular weight excluding hydrogens is 246 g/mol. The van der Waals surface area contributed by atoms with Crippen LogP contribution in [0.3, 0.4) is 0 Å². The summed E-state index contributed by atoms with van der Waals surface area (Å²) >= 11 is 1.52. The van der Waals surface area contributed by atoms with Crippen LogP contribution < -0.4 is 10.3 Å². The Balaban J connectivity index is 2.07. The van der Waals surface area contributed by atoms with E-state index in [-0.39, 0.29) is 0 Å². The molecule has 2 heterocycles. The van der Waals surface area contributed by atoms with Gasteiger partial charge in [-0.2, -0.15) is 4.98 Å². The highest BCUT2D eigenvalue weighted by atomic mass is 32.2. The molecule has 2 aromatic heterocycles. The molecule has 1 aromatic carbocycles. The maximum Gasteiger partial charge on any atom is 0.306 e. The molecule has 0 spiro atoms. The van der Waals surface area contributed by atoms with Crippen LogP contribution in [0, 0.1) is 0 Å². The maximum absolute atomic E-state index is 4.48. The minimum absolute atomic E-state index is 0.733. The number of fused-ring (bicyclic) bond motifs is 1. The lowest BCUT2D eigenvalue weighted by atomic mass is 10.3. The number of imidazole rings is 1. The van der Waals surface area contributed by atoms with Crippen molar-refractivity contribution in [2.45, 2.75) is 5.16 Å². The van der Waals surface area contributed by atoms with Crippen LogP contribution in [-0.4, -0.2) is 21.2 Å². The third kappa shape index (κ3) is 2.02. The Kier molecular flexibility index (Phi) is 2.85. The smallest absolute Gasteiger partial charge is 0.306 e. The molecule has 0 aliphatic carbocycles. The van der Waals surface area contributed by atoms with Crippen molar-refractivity contribution in [3.8, 4) is 0 Å². The van der Waals surface area contributed by atoms with E-state index >= 15 is 0 Å². The average Bonchev–Trinajstić information content (AvgIpc) is 2.88. The molecule has 0 aliphatic rings. The van der Waals surface area contributed by atoms with Crippen molar-refractivity contribution < 1.29 is 4.98 Å². The van der Waals surface area contributed by atoms with Crippen molar-refractivity contribution in [2.24, 2.45) is 0 Å². The van der Waals surface area contributed by atoms with Crippen molar-refractivity contribution in [1.29, 1.82) is 0 Å². The molecule has 0 saturated carbocycles. The van der Waals surface area contributed by atoms with Crippen LogP contribution in [0.15, 0.2) is 41.8 Å². The molecule has 0 aliphatic heterocycles. The van der Waals surface area contributed by atoms with Crippen molar-refractivity contribution >= 4 is 34.4 Å². The van der Waals surface area contributed by atoms with E-state index in [0.29, 0.717) is 0 Å². The number of hydrogen-bond acceptors (Lipinski definition) is 4. The highest BCUT2D eigenvalue weighted by Crippen LogP contribution is 2.22. The van der Waals surface area contributed by atoms with E-state index in [0.717, 1.165) is 27.8 Å². The average molecular weight is 258 g/mol. The van der Waals surface area contributed by atoms with Crippen LogP contribution >= 0.6 is 11.8 Å². The van der Waals surface area contributed by atoms with Crippen molar-refractivity contribution in [1.82, 2.24) is 15.0 Å². The van der Waals surface area contributed by atoms with Crippen molar-refractivity contribution in [3.63, 3.8) is 0 Å². The Labute approximate surface area is 108 Å². The zero-order valence-corrected chi connectivity index (χ0v) is 10.6. The summed E-state index contributed by atoms with van der Waals surface area (Å²) in [6.07, 6.45) is 3.71. The summed E-state index contributed by atoms with van der Waals surface area (Å²) in [5.41, 5.74) is 2.67. The van der Waals surface area contributed by atoms with Crippen molar-refractivity contribution in [2.75, 3.05) is 11.6 Å². The van der Waals surface area contributed by atoms with Gasteiger partial charge in [0.15, 0.2) is 12.1 Å². The fraction of sp³-hybridized carbons (Fsp3) is 0.0833. The topological polar surface area (TPSA) is 67.7 Å². The molecule has 5 nitrogen and oxygen atoms in total. The molecule has 18 heavy (non-hydrogen) atoms. The number of hydrogen-bond donors (Lipinski definition) is 2. The number of nitrogens with one attached hydrogen (secondary N) is 3. The van der Waals surface area contributed by atoms with Crippen LogP contribution in [0.1, 0.15) is 0 Å². The summed E-state index contributed by atoms with van der Waals surface area (Å²) in [6.45, 7) is 0. The third-order valence-electron chi connectivity index (χ3n) is 2.53. The van der Waals surface area contributed by atoms with Gasteiger partial charge in [0.1, 0.15) is 0 Å². The molecule has 90 valence electrons. The number of aromatic nitrogens is 4.